The van der Waals surface area contributed by atoms with Gasteiger partial charge in [0, 0.05) is 6.54 Å². The largest absolute Gasteiger partial charge is 0.391 e. The van der Waals surface area contributed by atoms with Crippen LogP contribution < -0.4 is 5.32 Å². The predicted octanol–water partition coefficient (Wildman–Crippen LogP) is 2.57. The molecule has 4 nitrogen and oxygen atoms in total. The first-order valence-electron chi connectivity index (χ1n) is 5.82. The predicted molar refractivity (Wildman–Crippen MR) is 70.5 cm³/mol. The number of anilines is 1. The van der Waals surface area contributed by atoms with Crippen LogP contribution in [0.15, 0.2) is 0 Å². The molecule has 0 aliphatic heterocycles. The van der Waals surface area contributed by atoms with Crippen LogP contribution in [0.25, 0.3) is 0 Å². The Labute approximate surface area is 107 Å². The minimum Gasteiger partial charge on any atom is -0.391 e. The molecule has 1 rings (SSSR count). The Balaban J connectivity index is 2.60. The second-order valence-electron chi connectivity index (χ2n) is 4.70. The molecule has 0 fully saturated rings. The molecule has 0 aromatic carbocycles. The molecule has 0 saturated carbocycles. The third-order valence-electron chi connectivity index (χ3n) is 2.51. The molecule has 0 aliphatic carbocycles. The molecule has 5 heteroatoms. The zero-order chi connectivity index (χ0) is 13.0. The second kappa shape index (κ2) is 6.17. The number of hydrogen-bond acceptors (Lipinski definition) is 4. The fourth-order valence-electron chi connectivity index (χ4n) is 1.53. The summed E-state index contributed by atoms with van der Waals surface area (Å²) in [5.74, 6) is 1.01. The summed E-state index contributed by atoms with van der Waals surface area (Å²) in [7, 11) is 0. The van der Waals surface area contributed by atoms with E-state index in [4.69, 9.17) is 11.6 Å². The lowest BCUT2D eigenvalue weighted by Crippen LogP contribution is -2.22. The lowest BCUT2D eigenvalue weighted by molar-refractivity contribution is 0.161. The van der Waals surface area contributed by atoms with Crippen LogP contribution in [0.2, 0.25) is 5.15 Å². The first kappa shape index (κ1) is 14.2. The molecule has 1 heterocycles. The number of halogens is 1. The maximum atomic E-state index is 9.74. The molecule has 0 amide bonds. The Hall–Kier alpha value is -0.870. The highest BCUT2D eigenvalue weighted by molar-refractivity contribution is 6.31. The summed E-state index contributed by atoms with van der Waals surface area (Å²) in [5.41, 5.74) is 1.67. The van der Waals surface area contributed by atoms with Crippen molar-refractivity contribution in [1.82, 2.24) is 9.97 Å². The number of aliphatic hydroxyl groups excluding tert-OH is 1. The molecular formula is C12H20ClN3O. The van der Waals surface area contributed by atoms with Crippen LogP contribution in [0.4, 0.5) is 5.82 Å². The van der Waals surface area contributed by atoms with Gasteiger partial charge in [-0.25, -0.2) is 9.97 Å². The lowest BCUT2D eigenvalue weighted by Gasteiger charge is -2.15. The Morgan fingerprint density at radius 3 is 2.41 bits per heavy atom. The van der Waals surface area contributed by atoms with Crippen molar-refractivity contribution in [3.8, 4) is 0 Å². The molecule has 1 aromatic heterocycles. The highest BCUT2D eigenvalue weighted by Crippen LogP contribution is 2.18. The highest BCUT2D eigenvalue weighted by atomic mass is 35.5. The van der Waals surface area contributed by atoms with Crippen LogP contribution in [0.3, 0.4) is 0 Å². The number of aromatic nitrogens is 2. The third kappa shape index (κ3) is 4.48. The van der Waals surface area contributed by atoms with E-state index in [1.165, 1.54) is 0 Å². The average Bonchev–Trinajstić information content (AvgIpc) is 2.20. The molecule has 1 atom stereocenters. The van der Waals surface area contributed by atoms with Gasteiger partial charge in [0.2, 0.25) is 0 Å². The fraction of sp³-hybridized carbons (Fsp3) is 0.667. The molecule has 0 saturated heterocycles. The van der Waals surface area contributed by atoms with E-state index in [1.807, 2.05) is 13.8 Å². The Morgan fingerprint density at radius 2 is 1.82 bits per heavy atom. The summed E-state index contributed by atoms with van der Waals surface area (Å²) in [6.07, 6.45) is 0.359. The highest BCUT2D eigenvalue weighted by Gasteiger charge is 2.10. The van der Waals surface area contributed by atoms with E-state index >= 15 is 0 Å². The lowest BCUT2D eigenvalue weighted by atomic mass is 10.1. The Bertz CT molecular complexity index is 382. The van der Waals surface area contributed by atoms with E-state index in [-0.39, 0.29) is 0 Å². The van der Waals surface area contributed by atoms with E-state index in [1.54, 1.807) is 0 Å². The van der Waals surface area contributed by atoms with Gasteiger partial charge in [-0.1, -0.05) is 25.4 Å². The van der Waals surface area contributed by atoms with E-state index in [0.29, 0.717) is 23.4 Å². The molecule has 0 spiro atoms. The second-order valence-corrected chi connectivity index (χ2v) is 5.06. The summed E-state index contributed by atoms with van der Waals surface area (Å²) in [5, 5.41) is 13.1. The van der Waals surface area contributed by atoms with Gasteiger partial charge in [0.1, 0.15) is 0 Å². The van der Waals surface area contributed by atoms with Crippen LogP contribution >= 0.6 is 11.6 Å². The molecule has 1 aromatic rings. The van der Waals surface area contributed by atoms with Crippen molar-refractivity contribution in [1.29, 1.82) is 0 Å². The summed E-state index contributed by atoms with van der Waals surface area (Å²) < 4.78 is 0. The standard InChI is InChI=1S/C12H20ClN3O/c1-7(2)5-10(17)6-14-12-11(13)15-8(3)9(4)16-12/h7,10,17H,5-6H2,1-4H3,(H,14,16). The average molecular weight is 258 g/mol. The zero-order valence-corrected chi connectivity index (χ0v) is 11.5. The minimum atomic E-state index is -0.394. The monoisotopic (exact) mass is 257 g/mol. The normalized spacial score (nSPS) is 12.9. The molecule has 0 aliphatic rings. The smallest absolute Gasteiger partial charge is 0.171 e. The number of hydrogen-bond donors (Lipinski definition) is 2. The Kier molecular flexibility index (Phi) is 5.15. The summed E-state index contributed by atoms with van der Waals surface area (Å²) >= 11 is 5.97. The SMILES string of the molecule is Cc1nc(Cl)c(NCC(O)CC(C)C)nc1C. The van der Waals surface area contributed by atoms with E-state index in [9.17, 15) is 5.11 Å². The van der Waals surface area contributed by atoms with Crippen LogP contribution in [0.1, 0.15) is 31.7 Å². The van der Waals surface area contributed by atoms with Gasteiger partial charge in [-0.15, -0.1) is 0 Å². The summed E-state index contributed by atoms with van der Waals surface area (Å²) in [6, 6.07) is 0. The Morgan fingerprint density at radius 1 is 1.24 bits per heavy atom. The quantitative estimate of drug-likeness (QED) is 0.851. The van der Waals surface area contributed by atoms with E-state index in [2.05, 4.69) is 29.1 Å². The van der Waals surface area contributed by atoms with Crippen LogP contribution in [0.5, 0.6) is 0 Å². The van der Waals surface area contributed by atoms with Gasteiger partial charge in [0.25, 0.3) is 0 Å². The zero-order valence-electron chi connectivity index (χ0n) is 10.8. The third-order valence-corrected chi connectivity index (χ3v) is 2.78. The molecule has 0 bridgehead atoms. The number of nitrogens with one attached hydrogen (secondary N) is 1. The van der Waals surface area contributed by atoms with E-state index in [0.717, 1.165) is 17.8 Å². The van der Waals surface area contributed by atoms with Crippen molar-refractivity contribution in [3.63, 3.8) is 0 Å². The summed E-state index contributed by atoms with van der Waals surface area (Å²) in [4.78, 5) is 8.48. The van der Waals surface area contributed by atoms with Gasteiger partial charge in [0.05, 0.1) is 17.5 Å². The maximum absolute atomic E-state index is 9.74. The topological polar surface area (TPSA) is 58.0 Å². The maximum Gasteiger partial charge on any atom is 0.171 e. The number of aryl methyl sites for hydroxylation is 2. The van der Waals surface area contributed by atoms with E-state index < -0.39 is 6.10 Å². The number of nitrogens with zero attached hydrogens (tertiary/aromatic N) is 2. The van der Waals surface area contributed by atoms with Crippen molar-refractivity contribution in [3.05, 3.63) is 16.5 Å². The number of rotatable bonds is 5. The number of aliphatic hydroxyl groups is 1. The van der Waals surface area contributed by atoms with Gasteiger partial charge in [0.15, 0.2) is 11.0 Å². The molecule has 2 N–H and O–H groups in total. The van der Waals surface area contributed by atoms with Crippen LogP contribution in [-0.2, 0) is 0 Å². The van der Waals surface area contributed by atoms with Crippen molar-refractivity contribution in [2.24, 2.45) is 5.92 Å². The van der Waals surface area contributed by atoms with Crippen molar-refractivity contribution < 1.29 is 5.11 Å². The van der Waals surface area contributed by atoms with Gasteiger partial charge >= 0.3 is 0 Å². The minimum absolute atomic E-state index is 0.352. The van der Waals surface area contributed by atoms with Gasteiger partial charge < -0.3 is 10.4 Å². The molecule has 17 heavy (non-hydrogen) atoms. The van der Waals surface area contributed by atoms with Crippen molar-refractivity contribution in [2.45, 2.75) is 40.2 Å². The summed E-state index contributed by atoms with van der Waals surface area (Å²) in [6.45, 7) is 8.34. The molecule has 96 valence electrons. The first-order valence-corrected chi connectivity index (χ1v) is 6.20. The van der Waals surface area contributed by atoms with Crippen molar-refractivity contribution >= 4 is 17.4 Å². The first-order chi connectivity index (χ1) is 7.90. The van der Waals surface area contributed by atoms with Gasteiger partial charge in [-0.3, -0.25) is 0 Å². The van der Waals surface area contributed by atoms with Gasteiger partial charge in [-0.05, 0) is 26.2 Å². The molecule has 0 radical (unpaired) electrons. The molecular weight excluding hydrogens is 238 g/mol. The van der Waals surface area contributed by atoms with Crippen LogP contribution in [-0.4, -0.2) is 27.7 Å². The van der Waals surface area contributed by atoms with Crippen molar-refractivity contribution in [2.75, 3.05) is 11.9 Å². The molecule has 1 unspecified atom stereocenters. The fourth-order valence-corrected chi connectivity index (χ4v) is 1.77. The van der Waals surface area contributed by atoms with Gasteiger partial charge in [-0.2, -0.15) is 0 Å². The van der Waals surface area contributed by atoms with Crippen LogP contribution in [0, 0.1) is 19.8 Å².